The first-order chi connectivity index (χ1) is 15.0. The third kappa shape index (κ3) is 3.78. The Morgan fingerprint density at radius 2 is 1.88 bits per heavy atom. The molecule has 5 N–H and O–H groups in total. The number of aliphatic hydroxyl groups is 1. The minimum absolute atomic E-state index is 0.0492. The number of fused-ring (bicyclic) bond motifs is 1. The van der Waals surface area contributed by atoms with Crippen LogP contribution in [0.3, 0.4) is 0 Å². The summed E-state index contributed by atoms with van der Waals surface area (Å²) in [7, 11) is 1.67. The van der Waals surface area contributed by atoms with Crippen molar-refractivity contribution in [1.82, 2.24) is 9.55 Å². The summed E-state index contributed by atoms with van der Waals surface area (Å²) in [6.45, 7) is 2.85. The molecule has 1 amide bonds. The van der Waals surface area contributed by atoms with Crippen molar-refractivity contribution >= 4 is 39.0 Å². The fourth-order valence-corrected chi connectivity index (χ4v) is 4.45. The lowest BCUT2D eigenvalue weighted by Crippen LogP contribution is -2.16. The quantitative estimate of drug-likeness (QED) is 0.355. The largest absolute Gasteiger partial charge is 0.494 e. The topological polar surface area (TPSA) is 113 Å². The van der Waals surface area contributed by atoms with Crippen molar-refractivity contribution in [3.8, 4) is 16.3 Å². The number of primary amides is 1. The molecule has 0 unspecified atom stereocenters. The lowest BCUT2D eigenvalue weighted by Gasteiger charge is -2.18. The number of anilines is 2. The highest BCUT2D eigenvalue weighted by atomic mass is 32.1. The highest BCUT2D eigenvalue weighted by molar-refractivity contribution is 7.20. The van der Waals surface area contributed by atoms with Crippen molar-refractivity contribution in [2.75, 3.05) is 5.32 Å². The number of carbonyl (C=O) groups excluding carboxylic acids is 1. The summed E-state index contributed by atoms with van der Waals surface area (Å²) in [6.07, 6.45) is 1.64. The molecule has 32 heavy (non-hydrogen) atoms. The number of amides is 1. The number of thiophene rings is 1. The van der Waals surface area contributed by atoms with Crippen molar-refractivity contribution in [2.45, 2.75) is 19.4 Å². The number of aromatic nitrogens is 2. The number of pyridine rings is 1. The highest BCUT2D eigenvalue weighted by Crippen LogP contribution is 2.40. The summed E-state index contributed by atoms with van der Waals surface area (Å²) in [5, 5.41) is 23.8. The van der Waals surface area contributed by atoms with E-state index in [0.29, 0.717) is 16.7 Å². The van der Waals surface area contributed by atoms with Crippen LogP contribution in [0.5, 0.6) is 5.88 Å². The van der Waals surface area contributed by atoms with E-state index in [1.54, 1.807) is 25.4 Å². The van der Waals surface area contributed by atoms with Crippen LogP contribution in [0.1, 0.15) is 29.8 Å². The number of aryl methyl sites for hydroxylation is 1. The molecule has 0 bridgehead atoms. The van der Waals surface area contributed by atoms with Gasteiger partial charge in [-0.2, -0.15) is 0 Å². The minimum Gasteiger partial charge on any atom is -0.494 e. The fraction of sp³-hybridized carbons (Fsp3) is 0.182. The number of nitrogens with zero attached hydrogens (tertiary/aromatic N) is 2. The molecule has 3 aromatic heterocycles. The predicted molar refractivity (Wildman–Crippen MR) is 119 cm³/mol. The SMILES string of the molecule is Cn1cc2nc(Nc3sc(-c4c(F)cc(C(C)(C)O)cc4F)cc3C(N)=O)ccc2c1O. The summed E-state index contributed by atoms with van der Waals surface area (Å²) in [6, 6.07) is 6.70. The number of rotatable bonds is 5. The van der Waals surface area contributed by atoms with Gasteiger partial charge in [-0.15, -0.1) is 11.3 Å². The maximum Gasteiger partial charge on any atom is 0.251 e. The number of aromatic hydroxyl groups is 1. The summed E-state index contributed by atoms with van der Waals surface area (Å²) in [5.41, 5.74) is 4.39. The molecule has 0 saturated heterocycles. The van der Waals surface area contributed by atoms with Gasteiger partial charge in [-0.05, 0) is 49.7 Å². The number of carbonyl (C=O) groups is 1. The molecule has 166 valence electrons. The van der Waals surface area contributed by atoms with E-state index in [1.165, 1.54) is 24.5 Å². The average Bonchev–Trinajstić information content (AvgIpc) is 3.21. The van der Waals surface area contributed by atoms with Gasteiger partial charge >= 0.3 is 0 Å². The number of halogens is 2. The molecule has 0 aliphatic heterocycles. The van der Waals surface area contributed by atoms with Gasteiger partial charge in [-0.3, -0.25) is 4.79 Å². The second kappa shape index (κ2) is 7.57. The van der Waals surface area contributed by atoms with Crippen LogP contribution in [0.2, 0.25) is 0 Å². The van der Waals surface area contributed by atoms with Crippen molar-refractivity contribution in [3.63, 3.8) is 0 Å². The predicted octanol–water partition coefficient (Wildman–Crippen LogP) is 4.36. The van der Waals surface area contributed by atoms with Gasteiger partial charge < -0.3 is 25.8 Å². The summed E-state index contributed by atoms with van der Waals surface area (Å²) in [4.78, 5) is 16.5. The molecule has 0 atom stereocenters. The first-order valence-corrected chi connectivity index (χ1v) is 10.4. The molecule has 10 heteroatoms. The molecule has 0 radical (unpaired) electrons. The Morgan fingerprint density at radius 3 is 2.47 bits per heavy atom. The lowest BCUT2D eigenvalue weighted by atomic mass is 9.96. The van der Waals surface area contributed by atoms with Crippen LogP contribution in [0, 0.1) is 11.6 Å². The van der Waals surface area contributed by atoms with Gasteiger partial charge in [0.05, 0.1) is 27.6 Å². The first kappa shape index (κ1) is 21.7. The number of hydrogen-bond acceptors (Lipinski definition) is 6. The number of nitrogens with two attached hydrogens (primary N) is 1. The van der Waals surface area contributed by atoms with E-state index in [9.17, 15) is 23.8 Å². The smallest absolute Gasteiger partial charge is 0.251 e. The van der Waals surface area contributed by atoms with Crippen LogP contribution in [-0.2, 0) is 12.6 Å². The van der Waals surface area contributed by atoms with E-state index in [1.807, 2.05) is 0 Å². The van der Waals surface area contributed by atoms with Crippen LogP contribution >= 0.6 is 11.3 Å². The van der Waals surface area contributed by atoms with E-state index in [-0.39, 0.29) is 32.4 Å². The fourth-order valence-electron chi connectivity index (χ4n) is 3.33. The molecule has 0 aliphatic rings. The molecule has 3 heterocycles. The van der Waals surface area contributed by atoms with Crippen molar-refractivity contribution in [1.29, 1.82) is 0 Å². The van der Waals surface area contributed by atoms with E-state index < -0.39 is 23.1 Å². The molecule has 0 spiro atoms. The molecular weight excluding hydrogens is 438 g/mol. The van der Waals surface area contributed by atoms with Crippen LogP contribution in [0.4, 0.5) is 19.6 Å². The van der Waals surface area contributed by atoms with Gasteiger partial charge in [-0.1, -0.05) is 0 Å². The van der Waals surface area contributed by atoms with E-state index in [0.717, 1.165) is 23.5 Å². The van der Waals surface area contributed by atoms with Gasteiger partial charge in [0.2, 0.25) is 0 Å². The van der Waals surface area contributed by atoms with Gasteiger partial charge in [0.1, 0.15) is 22.5 Å². The highest BCUT2D eigenvalue weighted by Gasteiger charge is 2.24. The van der Waals surface area contributed by atoms with E-state index >= 15 is 0 Å². The summed E-state index contributed by atoms with van der Waals surface area (Å²) < 4.78 is 31.1. The Kier molecular flexibility index (Phi) is 5.14. The zero-order chi connectivity index (χ0) is 23.4. The maximum absolute atomic E-state index is 14.8. The number of hydrogen-bond donors (Lipinski definition) is 4. The van der Waals surface area contributed by atoms with Crippen molar-refractivity contribution in [3.05, 3.63) is 59.3 Å². The third-order valence-corrected chi connectivity index (χ3v) is 6.12. The van der Waals surface area contributed by atoms with E-state index in [4.69, 9.17) is 5.73 Å². The summed E-state index contributed by atoms with van der Waals surface area (Å²) >= 11 is 0.942. The number of benzene rings is 1. The molecular formula is C22H20F2N4O3S. The molecule has 4 aromatic rings. The van der Waals surface area contributed by atoms with E-state index in [2.05, 4.69) is 10.3 Å². The van der Waals surface area contributed by atoms with Gasteiger partial charge in [-0.25, -0.2) is 13.8 Å². The monoisotopic (exact) mass is 458 g/mol. The van der Waals surface area contributed by atoms with Crippen LogP contribution in [-0.4, -0.2) is 25.7 Å². The van der Waals surface area contributed by atoms with Crippen molar-refractivity contribution < 1.29 is 23.8 Å². The van der Waals surface area contributed by atoms with Gasteiger partial charge in [0, 0.05) is 18.1 Å². The number of nitrogens with one attached hydrogen (secondary N) is 1. The standard InChI is InChI=1S/C22H20F2N4O3S/c1-22(2,31)10-6-13(23)18(14(24)7-10)16-8-12(19(25)29)20(32-16)27-17-5-4-11-15(26-17)9-28(3)21(11)30/h4-9,30-31H,1-3H3,(H2,25,29)(H,26,27). The Morgan fingerprint density at radius 1 is 1.22 bits per heavy atom. The van der Waals surface area contributed by atoms with Crippen LogP contribution in [0.25, 0.3) is 21.3 Å². The molecule has 4 rings (SSSR count). The van der Waals surface area contributed by atoms with Gasteiger partial charge in [0.25, 0.3) is 5.91 Å². The molecule has 7 nitrogen and oxygen atoms in total. The average molecular weight is 458 g/mol. The molecule has 0 aliphatic carbocycles. The zero-order valence-corrected chi connectivity index (χ0v) is 18.2. The Balaban J connectivity index is 1.76. The third-order valence-electron chi connectivity index (χ3n) is 5.05. The first-order valence-electron chi connectivity index (χ1n) is 9.53. The Labute approximate surface area is 185 Å². The molecule has 1 aromatic carbocycles. The minimum atomic E-state index is -1.42. The summed E-state index contributed by atoms with van der Waals surface area (Å²) in [5.74, 6) is -2.09. The Bertz CT molecular complexity index is 1350. The van der Waals surface area contributed by atoms with Crippen LogP contribution < -0.4 is 11.1 Å². The zero-order valence-electron chi connectivity index (χ0n) is 17.4. The maximum atomic E-state index is 14.8. The van der Waals surface area contributed by atoms with Crippen LogP contribution in [0.15, 0.2) is 36.5 Å². The normalized spacial score (nSPS) is 11.8. The second-order valence-electron chi connectivity index (χ2n) is 7.91. The molecule has 0 saturated carbocycles. The second-order valence-corrected chi connectivity index (χ2v) is 8.96. The van der Waals surface area contributed by atoms with Gasteiger partial charge in [0.15, 0.2) is 5.88 Å². The van der Waals surface area contributed by atoms with Crippen molar-refractivity contribution in [2.24, 2.45) is 12.8 Å². The Hall–Kier alpha value is -3.50. The molecule has 0 fully saturated rings. The lowest BCUT2D eigenvalue weighted by molar-refractivity contribution is 0.0778.